The number of nitrogens with one attached hydrogen (secondary N) is 1. The summed E-state index contributed by atoms with van der Waals surface area (Å²) in [5.74, 6) is 0.434. The fourth-order valence-electron chi connectivity index (χ4n) is 2.71. The molecule has 1 heterocycles. The zero-order valence-corrected chi connectivity index (χ0v) is 13.2. The molecule has 1 fully saturated rings. The molecule has 1 aromatic rings. The van der Waals surface area contributed by atoms with Crippen LogP contribution in [0.25, 0.3) is 0 Å². The van der Waals surface area contributed by atoms with Crippen molar-refractivity contribution in [3.63, 3.8) is 0 Å². The van der Waals surface area contributed by atoms with Gasteiger partial charge in [0.2, 0.25) is 11.8 Å². The average Bonchev–Trinajstić information content (AvgIpc) is 2.55. The van der Waals surface area contributed by atoms with Crippen LogP contribution in [0, 0.1) is 5.92 Å². The van der Waals surface area contributed by atoms with E-state index in [4.69, 9.17) is 4.74 Å². The third-order valence-electron chi connectivity index (χ3n) is 4.08. The number of benzene rings is 1. The predicted molar refractivity (Wildman–Crippen MR) is 81.0 cm³/mol. The Balaban J connectivity index is 2.10. The fourth-order valence-corrected chi connectivity index (χ4v) is 2.71. The van der Waals surface area contributed by atoms with Gasteiger partial charge in [0.05, 0.1) is 26.2 Å². The van der Waals surface area contributed by atoms with Crippen LogP contribution < -0.4 is 10.2 Å². The average molecular weight is 306 g/mol. The van der Waals surface area contributed by atoms with Crippen LogP contribution in [0.15, 0.2) is 24.3 Å². The van der Waals surface area contributed by atoms with Gasteiger partial charge in [0.15, 0.2) is 0 Å². The normalized spacial score (nSPS) is 19.7. The Labute approximate surface area is 130 Å². The molecule has 0 radical (unpaired) electrons. The Kier molecular flexibility index (Phi) is 5.38. The molecule has 0 aliphatic carbocycles. The maximum Gasteiger partial charge on any atom is 0.248 e. The maximum absolute atomic E-state index is 12.2. The number of carbonyl (C=O) groups excluding carboxylic acids is 2. The summed E-state index contributed by atoms with van der Waals surface area (Å²) < 4.78 is 5.14. The lowest BCUT2D eigenvalue weighted by Crippen LogP contribution is -2.46. The van der Waals surface area contributed by atoms with Crippen LogP contribution in [0.5, 0.6) is 5.75 Å². The van der Waals surface area contributed by atoms with E-state index < -0.39 is 0 Å². The molecule has 0 spiro atoms. The van der Waals surface area contributed by atoms with Gasteiger partial charge >= 0.3 is 0 Å². The van der Waals surface area contributed by atoms with E-state index in [1.165, 1.54) is 7.11 Å². The molecular weight excluding hydrogens is 284 g/mol. The molecule has 120 valence electrons. The monoisotopic (exact) mass is 306 g/mol. The van der Waals surface area contributed by atoms with Crippen LogP contribution in [0.2, 0.25) is 0 Å². The van der Waals surface area contributed by atoms with Gasteiger partial charge < -0.3 is 9.64 Å². The van der Waals surface area contributed by atoms with Gasteiger partial charge in [-0.2, -0.15) is 0 Å². The van der Waals surface area contributed by atoms with Gasteiger partial charge in [0.25, 0.3) is 0 Å². The van der Waals surface area contributed by atoms with E-state index in [1.54, 1.807) is 12.0 Å². The number of methoxy groups -OCH3 is 1. The highest BCUT2D eigenvalue weighted by atomic mass is 16.6. The molecule has 1 aliphatic heterocycles. The molecule has 6 nitrogen and oxygen atoms in total. The Morgan fingerprint density at radius 2 is 2.00 bits per heavy atom. The Bertz CT molecular complexity index is 529. The molecule has 2 atom stereocenters. The number of carbonyl (C=O) groups is 2. The van der Waals surface area contributed by atoms with E-state index in [9.17, 15) is 9.59 Å². The molecule has 2 rings (SSSR count). The molecule has 0 bridgehead atoms. The Morgan fingerprint density at radius 3 is 2.59 bits per heavy atom. The van der Waals surface area contributed by atoms with Gasteiger partial charge in [-0.15, -0.1) is 0 Å². The lowest BCUT2D eigenvalue weighted by molar-refractivity contribution is -0.144. The molecule has 1 saturated heterocycles. The predicted octanol–water partition coefficient (Wildman–Crippen LogP) is 1.67. The standard InChI is InChI=1S/C16H22N2O4/c1-11(12-4-7-14(21-2)8-5-12)18-10-13(6-9-15(18)19)16(20)17-22-3/h4-5,7-8,11,13H,6,9-10H2,1-3H3,(H,17,20)/t11-,13?/m0/s1. The van der Waals surface area contributed by atoms with E-state index in [-0.39, 0.29) is 23.8 Å². The van der Waals surface area contributed by atoms with Gasteiger partial charge in [-0.3, -0.25) is 14.4 Å². The van der Waals surface area contributed by atoms with Gasteiger partial charge in [0.1, 0.15) is 5.75 Å². The van der Waals surface area contributed by atoms with Crippen molar-refractivity contribution in [2.24, 2.45) is 5.92 Å². The number of hydrogen-bond donors (Lipinski definition) is 1. The summed E-state index contributed by atoms with van der Waals surface area (Å²) in [5, 5.41) is 0. The number of amides is 2. The summed E-state index contributed by atoms with van der Waals surface area (Å²) in [6.45, 7) is 2.37. The molecule has 0 aromatic heterocycles. The quantitative estimate of drug-likeness (QED) is 0.840. The summed E-state index contributed by atoms with van der Waals surface area (Å²) in [5.41, 5.74) is 3.37. The van der Waals surface area contributed by atoms with Crippen LogP contribution in [0.1, 0.15) is 31.4 Å². The van der Waals surface area contributed by atoms with Gasteiger partial charge in [-0.25, -0.2) is 5.48 Å². The molecule has 1 aromatic carbocycles. The number of nitrogens with zero attached hydrogens (tertiary/aromatic N) is 1. The highest BCUT2D eigenvalue weighted by molar-refractivity contribution is 5.83. The first kappa shape index (κ1) is 16.3. The minimum Gasteiger partial charge on any atom is -0.497 e. The molecule has 6 heteroatoms. The van der Waals surface area contributed by atoms with Crippen LogP contribution >= 0.6 is 0 Å². The van der Waals surface area contributed by atoms with Crippen LogP contribution in [0.4, 0.5) is 0 Å². The summed E-state index contributed by atoms with van der Waals surface area (Å²) in [7, 11) is 3.02. The second-order valence-electron chi connectivity index (χ2n) is 5.40. The second-order valence-corrected chi connectivity index (χ2v) is 5.40. The number of hydroxylamine groups is 1. The van der Waals surface area contributed by atoms with Crippen molar-refractivity contribution in [2.45, 2.75) is 25.8 Å². The molecule has 1 unspecified atom stereocenters. The number of likely N-dealkylation sites (tertiary alicyclic amines) is 1. The van der Waals surface area contributed by atoms with Crippen molar-refractivity contribution >= 4 is 11.8 Å². The summed E-state index contributed by atoms with van der Waals surface area (Å²) >= 11 is 0. The highest BCUT2D eigenvalue weighted by Crippen LogP contribution is 2.28. The van der Waals surface area contributed by atoms with Gasteiger partial charge in [-0.1, -0.05) is 12.1 Å². The van der Waals surface area contributed by atoms with E-state index in [0.29, 0.717) is 19.4 Å². The first-order valence-corrected chi connectivity index (χ1v) is 7.33. The topological polar surface area (TPSA) is 67.9 Å². The van der Waals surface area contributed by atoms with Crippen molar-refractivity contribution < 1.29 is 19.2 Å². The fraction of sp³-hybridized carbons (Fsp3) is 0.500. The number of ether oxygens (including phenoxy) is 1. The van der Waals surface area contributed by atoms with E-state index in [0.717, 1.165) is 11.3 Å². The Hall–Kier alpha value is -2.08. The first-order chi connectivity index (χ1) is 10.6. The molecule has 2 amide bonds. The van der Waals surface area contributed by atoms with Crippen LogP contribution in [0.3, 0.4) is 0 Å². The molecular formula is C16H22N2O4. The van der Waals surface area contributed by atoms with E-state index in [2.05, 4.69) is 10.3 Å². The largest absolute Gasteiger partial charge is 0.497 e. The third kappa shape index (κ3) is 3.57. The van der Waals surface area contributed by atoms with Crippen molar-refractivity contribution in [2.75, 3.05) is 20.8 Å². The number of rotatable bonds is 5. The van der Waals surface area contributed by atoms with E-state index in [1.807, 2.05) is 31.2 Å². The van der Waals surface area contributed by atoms with Crippen molar-refractivity contribution in [3.05, 3.63) is 29.8 Å². The second kappa shape index (κ2) is 7.26. The first-order valence-electron chi connectivity index (χ1n) is 7.33. The molecule has 22 heavy (non-hydrogen) atoms. The number of hydrogen-bond acceptors (Lipinski definition) is 4. The lowest BCUT2D eigenvalue weighted by atomic mass is 9.94. The SMILES string of the molecule is CONC(=O)C1CCC(=O)N([C@@H](C)c2ccc(OC)cc2)C1. The van der Waals surface area contributed by atoms with Crippen molar-refractivity contribution in [1.29, 1.82) is 0 Å². The van der Waals surface area contributed by atoms with Gasteiger partial charge in [-0.05, 0) is 31.0 Å². The molecule has 0 saturated carbocycles. The smallest absolute Gasteiger partial charge is 0.248 e. The molecule has 1 aliphatic rings. The van der Waals surface area contributed by atoms with Crippen molar-refractivity contribution in [1.82, 2.24) is 10.4 Å². The summed E-state index contributed by atoms with van der Waals surface area (Å²) in [4.78, 5) is 30.5. The zero-order valence-electron chi connectivity index (χ0n) is 13.2. The maximum atomic E-state index is 12.2. The van der Waals surface area contributed by atoms with E-state index >= 15 is 0 Å². The lowest BCUT2D eigenvalue weighted by Gasteiger charge is -2.36. The summed E-state index contributed by atoms with van der Waals surface area (Å²) in [6, 6.07) is 7.53. The molecule has 1 N–H and O–H groups in total. The van der Waals surface area contributed by atoms with Gasteiger partial charge in [0, 0.05) is 13.0 Å². The number of piperidine rings is 1. The minimum atomic E-state index is -0.238. The zero-order chi connectivity index (χ0) is 16.1. The Morgan fingerprint density at radius 1 is 1.32 bits per heavy atom. The summed E-state index contributed by atoms with van der Waals surface area (Å²) in [6.07, 6.45) is 0.933. The highest BCUT2D eigenvalue weighted by Gasteiger charge is 2.33. The van der Waals surface area contributed by atoms with Crippen molar-refractivity contribution in [3.8, 4) is 5.75 Å². The van der Waals surface area contributed by atoms with Crippen LogP contribution in [-0.2, 0) is 14.4 Å². The minimum absolute atomic E-state index is 0.0739. The third-order valence-corrected chi connectivity index (χ3v) is 4.08. The van der Waals surface area contributed by atoms with Crippen LogP contribution in [-0.4, -0.2) is 37.5 Å².